The average molecular weight is 277 g/mol. The Morgan fingerprint density at radius 2 is 1.79 bits per heavy atom. The van der Waals surface area contributed by atoms with E-state index in [0.717, 1.165) is 5.56 Å². The largest absolute Gasteiger partial charge is 0.508 e. The Hall–Kier alpha value is -2.20. The van der Waals surface area contributed by atoms with Gasteiger partial charge in [-0.15, -0.1) is 0 Å². The van der Waals surface area contributed by atoms with E-state index in [0.29, 0.717) is 11.4 Å². The third-order valence-electron chi connectivity index (χ3n) is 2.51. The van der Waals surface area contributed by atoms with E-state index in [2.05, 4.69) is 10.6 Å². The number of rotatable bonds is 2. The van der Waals surface area contributed by atoms with Crippen LogP contribution in [-0.4, -0.2) is 11.1 Å². The van der Waals surface area contributed by atoms with Crippen LogP contribution in [0.3, 0.4) is 0 Å². The Labute approximate surface area is 116 Å². The van der Waals surface area contributed by atoms with Crippen LogP contribution in [0.25, 0.3) is 0 Å². The number of aryl methyl sites for hydroxylation is 1. The molecule has 0 heterocycles. The SMILES string of the molecule is Cc1ccc(NC(=O)Nc2ccc(O)cc2Cl)cc1. The first kappa shape index (κ1) is 13.2. The summed E-state index contributed by atoms with van der Waals surface area (Å²) >= 11 is 5.89. The van der Waals surface area contributed by atoms with Gasteiger partial charge in [-0.1, -0.05) is 29.3 Å². The molecule has 0 fully saturated rings. The molecule has 0 bridgehead atoms. The predicted molar refractivity (Wildman–Crippen MR) is 76.9 cm³/mol. The number of nitrogens with one attached hydrogen (secondary N) is 2. The number of halogens is 1. The minimum absolute atomic E-state index is 0.0505. The van der Waals surface area contributed by atoms with Gasteiger partial charge in [-0.2, -0.15) is 0 Å². The third-order valence-corrected chi connectivity index (χ3v) is 2.82. The van der Waals surface area contributed by atoms with Crippen LogP contribution in [0.4, 0.5) is 16.2 Å². The van der Waals surface area contributed by atoms with Crippen LogP contribution in [0.1, 0.15) is 5.56 Å². The standard InChI is InChI=1S/C14H13ClN2O2/c1-9-2-4-10(5-3-9)16-14(19)17-13-7-6-11(18)8-12(13)15/h2-8,18H,1H3,(H2,16,17,19). The molecule has 0 aliphatic carbocycles. The second-order valence-corrected chi connectivity index (χ2v) is 4.52. The summed E-state index contributed by atoms with van der Waals surface area (Å²) in [6.45, 7) is 1.97. The first-order valence-corrected chi connectivity index (χ1v) is 6.05. The number of hydrogen-bond acceptors (Lipinski definition) is 2. The molecule has 0 saturated carbocycles. The Morgan fingerprint density at radius 3 is 2.42 bits per heavy atom. The number of carbonyl (C=O) groups is 1. The van der Waals surface area contributed by atoms with E-state index in [9.17, 15) is 9.90 Å². The van der Waals surface area contributed by atoms with Crippen molar-refractivity contribution in [2.75, 3.05) is 10.6 Å². The molecule has 2 aromatic carbocycles. The van der Waals surface area contributed by atoms with E-state index in [4.69, 9.17) is 11.6 Å². The molecular weight excluding hydrogens is 264 g/mol. The maximum Gasteiger partial charge on any atom is 0.323 e. The Morgan fingerprint density at radius 1 is 1.11 bits per heavy atom. The van der Waals surface area contributed by atoms with Gasteiger partial charge in [0.15, 0.2) is 0 Å². The number of anilines is 2. The first-order valence-electron chi connectivity index (χ1n) is 5.68. The molecule has 0 radical (unpaired) electrons. The molecule has 0 atom stereocenters. The summed E-state index contributed by atoms with van der Waals surface area (Å²) < 4.78 is 0. The van der Waals surface area contributed by atoms with Gasteiger partial charge in [0.2, 0.25) is 0 Å². The van der Waals surface area contributed by atoms with Gasteiger partial charge >= 0.3 is 6.03 Å². The predicted octanol–water partition coefficient (Wildman–Crippen LogP) is 4.00. The number of aromatic hydroxyl groups is 1. The Balaban J connectivity index is 2.03. The lowest BCUT2D eigenvalue weighted by molar-refractivity contribution is 0.262. The molecule has 0 aromatic heterocycles. The summed E-state index contributed by atoms with van der Waals surface area (Å²) in [6.07, 6.45) is 0. The van der Waals surface area contributed by atoms with Crippen molar-refractivity contribution in [2.45, 2.75) is 6.92 Å². The molecule has 19 heavy (non-hydrogen) atoms. The van der Waals surface area contributed by atoms with Gasteiger partial charge in [-0.3, -0.25) is 0 Å². The van der Waals surface area contributed by atoms with Crippen LogP contribution in [0.5, 0.6) is 5.75 Å². The van der Waals surface area contributed by atoms with E-state index < -0.39 is 6.03 Å². The van der Waals surface area contributed by atoms with Crippen LogP contribution in [0, 0.1) is 6.92 Å². The Kier molecular flexibility index (Phi) is 3.92. The summed E-state index contributed by atoms with van der Waals surface area (Å²) in [5.41, 5.74) is 2.25. The van der Waals surface area contributed by atoms with Crippen LogP contribution in [0.15, 0.2) is 42.5 Å². The van der Waals surface area contributed by atoms with Crippen molar-refractivity contribution in [2.24, 2.45) is 0 Å². The summed E-state index contributed by atoms with van der Waals surface area (Å²) in [5, 5.41) is 14.8. The highest BCUT2D eigenvalue weighted by Gasteiger charge is 2.06. The smallest absolute Gasteiger partial charge is 0.323 e. The number of hydrogen-bond donors (Lipinski definition) is 3. The van der Waals surface area contributed by atoms with Gasteiger partial charge in [0.05, 0.1) is 10.7 Å². The molecule has 0 aliphatic heterocycles. The van der Waals surface area contributed by atoms with E-state index in [1.807, 2.05) is 31.2 Å². The fraction of sp³-hybridized carbons (Fsp3) is 0.0714. The monoisotopic (exact) mass is 276 g/mol. The molecule has 0 saturated heterocycles. The molecule has 0 unspecified atom stereocenters. The molecule has 5 heteroatoms. The normalized spacial score (nSPS) is 10.0. The van der Waals surface area contributed by atoms with E-state index in [1.54, 1.807) is 0 Å². The van der Waals surface area contributed by atoms with Gasteiger partial charge in [-0.25, -0.2) is 4.79 Å². The van der Waals surface area contributed by atoms with Gasteiger partial charge < -0.3 is 15.7 Å². The maximum absolute atomic E-state index is 11.8. The lowest BCUT2D eigenvalue weighted by Gasteiger charge is -2.09. The van der Waals surface area contributed by atoms with Crippen molar-refractivity contribution < 1.29 is 9.90 Å². The average Bonchev–Trinajstić information content (AvgIpc) is 2.36. The van der Waals surface area contributed by atoms with E-state index >= 15 is 0 Å². The van der Waals surface area contributed by atoms with Gasteiger partial charge in [0, 0.05) is 11.8 Å². The molecule has 0 aliphatic rings. The van der Waals surface area contributed by atoms with Crippen molar-refractivity contribution in [3.05, 3.63) is 53.1 Å². The number of benzene rings is 2. The molecule has 2 aromatic rings. The van der Waals surface area contributed by atoms with Crippen LogP contribution in [-0.2, 0) is 0 Å². The van der Waals surface area contributed by atoms with Crippen molar-refractivity contribution in [3.8, 4) is 5.75 Å². The fourth-order valence-corrected chi connectivity index (χ4v) is 1.75. The summed E-state index contributed by atoms with van der Waals surface area (Å²) in [4.78, 5) is 11.8. The third kappa shape index (κ3) is 3.63. The minimum atomic E-state index is -0.392. The van der Waals surface area contributed by atoms with Crippen LogP contribution < -0.4 is 10.6 Å². The summed E-state index contributed by atoms with van der Waals surface area (Å²) in [6, 6.07) is 11.4. The van der Waals surface area contributed by atoms with Gasteiger partial charge in [0.25, 0.3) is 0 Å². The number of amides is 2. The zero-order valence-electron chi connectivity index (χ0n) is 10.3. The molecule has 3 N–H and O–H groups in total. The van der Waals surface area contributed by atoms with E-state index in [-0.39, 0.29) is 10.8 Å². The zero-order valence-corrected chi connectivity index (χ0v) is 11.0. The van der Waals surface area contributed by atoms with Crippen molar-refractivity contribution in [3.63, 3.8) is 0 Å². The quantitative estimate of drug-likeness (QED) is 0.726. The topological polar surface area (TPSA) is 61.4 Å². The summed E-state index contributed by atoms with van der Waals surface area (Å²) in [7, 11) is 0. The molecule has 2 amide bonds. The fourth-order valence-electron chi connectivity index (χ4n) is 1.53. The number of phenols is 1. The highest BCUT2D eigenvalue weighted by atomic mass is 35.5. The zero-order chi connectivity index (χ0) is 13.8. The second-order valence-electron chi connectivity index (χ2n) is 4.11. The van der Waals surface area contributed by atoms with Crippen molar-refractivity contribution in [1.82, 2.24) is 0 Å². The van der Waals surface area contributed by atoms with Gasteiger partial charge in [0.1, 0.15) is 5.75 Å². The molecule has 0 spiro atoms. The highest BCUT2D eigenvalue weighted by Crippen LogP contribution is 2.26. The van der Waals surface area contributed by atoms with Crippen LogP contribution in [0.2, 0.25) is 5.02 Å². The first-order chi connectivity index (χ1) is 9.04. The van der Waals surface area contributed by atoms with Crippen LogP contribution >= 0.6 is 11.6 Å². The van der Waals surface area contributed by atoms with Gasteiger partial charge in [-0.05, 0) is 31.2 Å². The van der Waals surface area contributed by atoms with Crippen molar-refractivity contribution in [1.29, 1.82) is 0 Å². The molecule has 98 valence electrons. The summed E-state index contributed by atoms with van der Waals surface area (Å²) in [5.74, 6) is 0.0505. The van der Waals surface area contributed by atoms with Crippen molar-refractivity contribution >= 4 is 29.0 Å². The minimum Gasteiger partial charge on any atom is -0.508 e. The number of urea groups is 1. The Bertz CT molecular complexity index is 597. The maximum atomic E-state index is 11.8. The number of phenolic OH excluding ortho intramolecular Hbond substituents is 1. The molecule has 4 nitrogen and oxygen atoms in total. The molecular formula is C14H13ClN2O2. The second kappa shape index (κ2) is 5.63. The number of carbonyl (C=O) groups excluding carboxylic acids is 1. The van der Waals surface area contributed by atoms with E-state index in [1.165, 1.54) is 18.2 Å². The highest BCUT2D eigenvalue weighted by molar-refractivity contribution is 6.34. The lowest BCUT2D eigenvalue weighted by atomic mass is 10.2. The molecule has 2 rings (SSSR count). The lowest BCUT2D eigenvalue weighted by Crippen LogP contribution is -2.19.